The molecule has 1 aromatic heterocycles. The molecule has 2 rings (SSSR count). The molecule has 0 aliphatic rings. The molecule has 0 atom stereocenters. The van der Waals surface area contributed by atoms with Gasteiger partial charge in [0.1, 0.15) is 5.56 Å². The maximum atomic E-state index is 10.9. The van der Waals surface area contributed by atoms with E-state index in [1.807, 2.05) is 0 Å². The maximum absolute atomic E-state index is 10.9. The third-order valence-corrected chi connectivity index (χ3v) is 2.25. The summed E-state index contributed by atoms with van der Waals surface area (Å²) in [6.07, 6.45) is 1.55. The van der Waals surface area contributed by atoms with Gasteiger partial charge in [0.15, 0.2) is 0 Å². The number of carboxylic acids is 1. The smallest absolute Gasteiger partial charge is 0.339 e. The van der Waals surface area contributed by atoms with Crippen molar-refractivity contribution in [2.45, 2.75) is 0 Å². The molecule has 3 nitrogen and oxygen atoms in total. The van der Waals surface area contributed by atoms with Crippen molar-refractivity contribution < 1.29 is 9.90 Å². The summed E-state index contributed by atoms with van der Waals surface area (Å²) < 4.78 is 0. The van der Waals surface area contributed by atoms with Gasteiger partial charge >= 0.3 is 5.97 Å². The number of fused-ring (bicyclic) bond motifs is 1. The summed E-state index contributed by atoms with van der Waals surface area (Å²) in [6.45, 7) is 0. The van der Waals surface area contributed by atoms with Crippen molar-refractivity contribution in [3.8, 4) is 0 Å². The number of hydrogen-bond donors (Lipinski definition) is 1. The van der Waals surface area contributed by atoms with Gasteiger partial charge in [-0.2, -0.15) is 0 Å². The molecule has 4 heteroatoms. The van der Waals surface area contributed by atoms with Crippen molar-refractivity contribution in [1.82, 2.24) is 4.98 Å². The number of aromatic carboxylic acids is 1. The Balaban J connectivity index is 2.90. The van der Waals surface area contributed by atoms with Crippen molar-refractivity contribution >= 4 is 28.5 Å². The van der Waals surface area contributed by atoms with Gasteiger partial charge in [-0.25, -0.2) is 4.79 Å². The molecule has 1 heterocycles. The van der Waals surface area contributed by atoms with Crippen molar-refractivity contribution in [3.63, 3.8) is 0 Å². The van der Waals surface area contributed by atoms with Crippen LogP contribution in [0, 0.1) is 0 Å². The summed E-state index contributed by atoms with van der Waals surface area (Å²) in [4.78, 5) is 14.9. The van der Waals surface area contributed by atoms with Gasteiger partial charge in [0.25, 0.3) is 0 Å². The highest BCUT2D eigenvalue weighted by molar-refractivity contribution is 6.35. The highest BCUT2D eigenvalue weighted by Gasteiger charge is 2.13. The lowest BCUT2D eigenvalue weighted by Crippen LogP contribution is -1.99. The van der Waals surface area contributed by atoms with E-state index in [9.17, 15) is 4.79 Å². The van der Waals surface area contributed by atoms with Crippen LogP contribution in [0.3, 0.4) is 0 Å². The van der Waals surface area contributed by atoms with Crippen molar-refractivity contribution in [2.24, 2.45) is 0 Å². The van der Waals surface area contributed by atoms with Crippen LogP contribution in [0.1, 0.15) is 10.4 Å². The lowest BCUT2D eigenvalue weighted by Gasteiger charge is -2.02. The predicted molar refractivity (Wildman–Crippen MR) is 53.7 cm³/mol. The Morgan fingerprint density at radius 2 is 2.14 bits per heavy atom. The standard InChI is InChI=1S/C10H6ClNO2/c11-7-4-3-6-2-1-5-12-9(6)8(7)10(13)14/h1-5H,(H,13,14). The average Bonchev–Trinajstić information content (AvgIpc) is 2.17. The number of benzene rings is 1. The van der Waals surface area contributed by atoms with E-state index >= 15 is 0 Å². The summed E-state index contributed by atoms with van der Waals surface area (Å²) in [5.41, 5.74) is 0.484. The minimum Gasteiger partial charge on any atom is -0.478 e. The van der Waals surface area contributed by atoms with Gasteiger partial charge < -0.3 is 5.11 Å². The molecule has 0 spiro atoms. The number of aromatic nitrogens is 1. The van der Waals surface area contributed by atoms with Crippen molar-refractivity contribution in [2.75, 3.05) is 0 Å². The van der Waals surface area contributed by atoms with Crippen LogP contribution in [0.2, 0.25) is 5.02 Å². The van der Waals surface area contributed by atoms with Gasteiger partial charge in [-0.1, -0.05) is 23.7 Å². The van der Waals surface area contributed by atoms with E-state index < -0.39 is 5.97 Å². The van der Waals surface area contributed by atoms with Crippen LogP contribution in [0.5, 0.6) is 0 Å². The number of nitrogens with zero attached hydrogens (tertiary/aromatic N) is 1. The Morgan fingerprint density at radius 3 is 2.86 bits per heavy atom. The Labute approximate surface area is 85.0 Å². The number of halogens is 1. The molecule has 0 radical (unpaired) electrons. The first-order valence-corrected chi connectivity index (χ1v) is 4.34. The van der Waals surface area contributed by atoms with Crippen LogP contribution in [-0.4, -0.2) is 16.1 Å². The van der Waals surface area contributed by atoms with E-state index in [-0.39, 0.29) is 10.6 Å². The fourth-order valence-electron chi connectivity index (χ4n) is 1.32. The Bertz CT molecular complexity index is 510. The fourth-order valence-corrected chi connectivity index (χ4v) is 1.56. The third kappa shape index (κ3) is 1.32. The van der Waals surface area contributed by atoms with Crippen LogP contribution in [0.25, 0.3) is 10.9 Å². The monoisotopic (exact) mass is 207 g/mol. The normalized spacial score (nSPS) is 10.4. The second-order valence-electron chi connectivity index (χ2n) is 2.80. The number of hydrogen-bond acceptors (Lipinski definition) is 2. The second kappa shape index (κ2) is 3.27. The van der Waals surface area contributed by atoms with Crippen LogP contribution < -0.4 is 0 Å². The number of carbonyl (C=O) groups is 1. The van der Waals surface area contributed by atoms with E-state index in [0.717, 1.165) is 5.39 Å². The van der Waals surface area contributed by atoms with Crippen LogP contribution in [0.15, 0.2) is 30.5 Å². The summed E-state index contributed by atoms with van der Waals surface area (Å²) in [7, 11) is 0. The van der Waals surface area contributed by atoms with Crippen molar-refractivity contribution in [1.29, 1.82) is 0 Å². The molecular weight excluding hydrogens is 202 g/mol. The maximum Gasteiger partial charge on any atom is 0.339 e. The topological polar surface area (TPSA) is 50.2 Å². The zero-order chi connectivity index (χ0) is 10.1. The molecule has 0 bridgehead atoms. The molecule has 0 aliphatic carbocycles. The Hall–Kier alpha value is -1.61. The molecule has 0 saturated carbocycles. The van der Waals surface area contributed by atoms with E-state index in [2.05, 4.69) is 4.98 Å². The van der Waals surface area contributed by atoms with Crippen LogP contribution in [-0.2, 0) is 0 Å². The quantitative estimate of drug-likeness (QED) is 0.782. The summed E-state index contributed by atoms with van der Waals surface area (Å²) in [5.74, 6) is -1.06. The first kappa shape index (κ1) is 8.97. The molecule has 1 aromatic carbocycles. The molecular formula is C10H6ClNO2. The number of rotatable bonds is 1. The lowest BCUT2D eigenvalue weighted by molar-refractivity contribution is 0.0699. The summed E-state index contributed by atoms with van der Waals surface area (Å²) in [5, 5.41) is 9.92. The van der Waals surface area contributed by atoms with Crippen LogP contribution in [0.4, 0.5) is 0 Å². The number of carboxylic acid groups (broad SMARTS) is 1. The lowest BCUT2D eigenvalue weighted by atomic mass is 10.1. The number of pyridine rings is 1. The van der Waals surface area contributed by atoms with Gasteiger partial charge in [-0.05, 0) is 12.1 Å². The van der Waals surface area contributed by atoms with E-state index in [1.165, 1.54) is 0 Å². The molecule has 0 amide bonds. The zero-order valence-corrected chi connectivity index (χ0v) is 7.82. The molecule has 70 valence electrons. The summed E-state index contributed by atoms with van der Waals surface area (Å²) >= 11 is 5.78. The van der Waals surface area contributed by atoms with Gasteiger partial charge in [-0.15, -0.1) is 0 Å². The minimum absolute atomic E-state index is 0.0600. The SMILES string of the molecule is O=C(O)c1c(Cl)ccc2cccnc12. The third-order valence-electron chi connectivity index (χ3n) is 1.94. The highest BCUT2D eigenvalue weighted by Crippen LogP contribution is 2.24. The molecule has 0 aliphatic heterocycles. The molecule has 1 N–H and O–H groups in total. The van der Waals surface area contributed by atoms with Gasteiger partial charge in [0.05, 0.1) is 10.5 Å². The first-order valence-electron chi connectivity index (χ1n) is 3.96. The molecule has 14 heavy (non-hydrogen) atoms. The largest absolute Gasteiger partial charge is 0.478 e. The zero-order valence-electron chi connectivity index (χ0n) is 7.07. The second-order valence-corrected chi connectivity index (χ2v) is 3.21. The predicted octanol–water partition coefficient (Wildman–Crippen LogP) is 2.59. The fraction of sp³-hybridized carbons (Fsp3) is 0. The van der Waals surface area contributed by atoms with Crippen LogP contribution >= 0.6 is 11.6 Å². The van der Waals surface area contributed by atoms with Gasteiger partial charge in [0, 0.05) is 11.6 Å². The highest BCUT2D eigenvalue weighted by atomic mass is 35.5. The van der Waals surface area contributed by atoms with E-state index in [4.69, 9.17) is 16.7 Å². The van der Waals surface area contributed by atoms with Gasteiger partial charge in [0.2, 0.25) is 0 Å². The average molecular weight is 208 g/mol. The Kier molecular flexibility index (Phi) is 2.09. The molecule has 0 fully saturated rings. The minimum atomic E-state index is -1.06. The molecule has 0 unspecified atom stereocenters. The van der Waals surface area contributed by atoms with E-state index in [0.29, 0.717) is 5.52 Å². The summed E-state index contributed by atoms with van der Waals surface area (Å²) in [6, 6.07) is 6.86. The Morgan fingerprint density at radius 1 is 1.36 bits per heavy atom. The van der Waals surface area contributed by atoms with E-state index in [1.54, 1.807) is 30.5 Å². The molecule has 2 aromatic rings. The van der Waals surface area contributed by atoms with Crippen molar-refractivity contribution in [3.05, 3.63) is 41.0 Å². The first-order chi connectivity index (χ1) is 6.70. The van der Waals surface area contributed by atoms with Gasteiger partial charge in [-0.3, -0.25) is 4.98 Å². The molecule has 0 saturated heterocycles.